The lowest BCUT2D eigenvalue weighted by atomic mass is 10.2. The van der Waals surface area contributed by atoms with E-state index in [9.17, 15) is 0 Å². The molecule has 2 nitrogen and oxygen atoms in total. The van der Waals surface area contributed by atoms with Crippen molar-refractivity contribution in [2.75, 3.05) is 0 Å². The van der Waals surface area contributed by atoms with Crippen molar-refractivity contribution < 1.29 is 11.0 Å². The monoisotopic (exact) mass is 136 g/mol. The van der Waals surface area contributed by atoms with E-state index in [0.717, 1.165) is 0 Å². The van der Waals surface area contributed by atoms with E-state index in [4.69, 9.17) is 0 Å². The number of rotatable bonds is 4. The second kappa shape index (κ2) is 15.7. The summed E-state index contributed by atoms with van der Waals surface area (Å²) < 4.78 is 0. The van der Waals surface area contributed by atoms with Gasteiger partial charge >= 0.3 is 0 Å². The molecule has 0 aromatic carbocycles. The molecular weight excluding hydrogens is 116 g/mol. The molecule has 0 aliphatic carbocycles. The van der Waals surface area contributed by atoms with E-state index in [0.29, 0.717) is 0 Å². The minimum atomic E-state index is 0. The first kappa shape index (κ1) is 16.0. The molecule has 0 radical (unpaired) electrons. The van der Waals surface area contributed by atoms with E-state index in [1.807, 2.05) is 0 Å². The van der Waals surface area contributed by atoms with Crippen molar-refractivity contribution >= 4 is 0 Å². The predicted molar refractivity (Wildman–Crippen MR) is 41.7 cm³/mol. The Labute approximate surface area is 57.9 Å². The fourth-order valence-corrected chi connectivity index (χ4v) is 0.677. The minimum absolute atomic E-state index is 0. The van der Waals surface area contributed by atoms with Gasteiger partial charge in [0.15, 0.2) is 0 Å². The van der Waals surface area contributed by atoms with Gasteiger partial charge in [0.25, 0.3) is 0 Å². The molecule has 0 saturated carbocycles. The van der Waals surface area contributed by atoms with Gasteiger partial charge in [-0.1, -0.05) is 46.0 Å². The molecule has 60 valence electrons. The standard InChI is InChI=1S/C7H16.2H2O/c1-3-5-7-6-4-2;;/h3-7H2,1-2H3;2*1H2. The predicted octanol–water partition coefficient (Wildman–Crippen LogP) is 1.33. The highest BCUT2D eigenvalue weighted by atomic mass is 16.0. The third-order valence-corrected chi connectivity index (χ3v) is 1.21. The summed E-state index contributed by atoms with van der Waals surface area (Å²) in [5, 5.41) is 0. The zero-order valence-electron chi connectivity index (χ0n) is 6.54. The molecule has 0 atom stereocenters. The summed E-state index contributed by atoms with van der Waals surface area (Å²) in [6, 6.07) is 0. The van der Waals surface area contributed by atoms with Gasteiger partial charge in [0.05, 0.1) is 0 Å². The van der Waals surface area contributed by atoms with E-state index in [-0.39, 0.29) is 11.0 Å². The van der Waals surface area contributed by atoms with Gasteiger partial charge in [0, 0.05) is 0 Å². The highest BCUT2D eigenvalue weighted by Gasteiger charge is 1.80. The Morgan fingerprint density at radius 3 is 1.22 bits per heavy atom. The molecule has 0 aromatic heterocycles. The van der Waals surface area contributed by atoms with Crippen LogP contribution in [0.25, 0.3) is 0 Å². The van der Waals surface area contributed by atoms with Crippen LogP contribution in [0, 0.1) is 0 Å². The van der Waals surface area contributed by atoms with Gasteiger partial charge in [0.2, 0.25) is 0 Å². The van der Waals surface area contributed by atoms with Gasteiger partial charge in [-0.25, -0.2) is 0 Å². The Kier molecular flexibility index (Phi) is 27.8. The molecular formula is C7H20O2. The van der Waals surface area contributed by atoms with E-state index in [1.54, 1.807) is 0 Å². The molecule has 0 amide bonds. The molecule has 0 saturated heterocycles. The average Bonchev–Trinajstić information content (AvgIpc) is 1.69. The zero-order valence-corrected chi connectivity index (χ0v) is 6.54. The fourth-order valence-electron chi connectivity index (χ4n) is 0.677. The summed E-state index contributed by atoms with van der Waals surface area (Å²) in [5.41, 5.74) is 0. The van der Waals surface area contributed by atoms with Crippen LogP contribution in [0.2, 0.25) is 0 Å². The van der Waals surface area contributed by atoms with Crippen LogP contribution >= 0.6 is 0 Å². The average molecular weight is 136 g/mol. The van der Waals surface area contributed by atoms with Crippen LogP contribution in [0.5, 0.6) is 0 Å². The van der Waals surface area contributed by atoms with E-state index < -0.39 is 0 Å². The van der Waals surface area contributed by atoms with Crippen LogP contribution in [0.15, 0.2) is 0 Å². The van der Waals surface area contributed by atoms with Crippen molar-refractivity contribution in [3.8, 4) is 0 Å². The van der Waals surface area contributed by atoms with Crippen molar-refractivity contribution in [2.45, 2.75) is 46.0 Å². The lowest BCUT2D eigenvalue weighted by molar-refractivity contribution is 0.656. The van der Waals surface area contributed by atoms with Gasteiger partial charge < -0.3 is 11.0 Å². The summed E-state index contributed by atoms with van der Waals surface area (Å²) in [7, 11) is 0. The highest BCUT2D eigenvalue weighted by Crippen LogP contribution is 2.00. The lowest BCUT2D eigenvalue weighted by Crippen LogP contribution is -1.70. The zero-order chi connectivity index (χ0) is 5.54. The SMILES string of the molecule is CCCCCCC.O.O. The maximum Gasteiger partial charge on any atom is -0.0533 e. The summed E-state index contributed by atoms with van der Waals surface area (Å²) in [5.74, 6) is 0. The summed E-state index contributed by atoms with van der Waals surface area (Å²) in [6.45, 7) is 4.49. The van der Waals surface area contributed by atoms with Crippen LogP contribution < -0.4 is 0 Å². The Balaban J connectivity index is -0.000000180. The largest absolute Gasteiger partial charge is 0.412 e. The molecule has 9 heavy (non-hydrogen) atoms. The second-order valence-electron chi connectivity index (χ2n) is 2.06. The summed E-state index contributed by atoms with van der Waals surface area (Å²) in [4.78, 5) is 0. The first-order chi connectivity index (χ1) is 3.41. The Bertz CT molecular complexity index is 26.1. The number of hydrogen-bond acceptors (Lipinski definition) is 0. The first-order valence-corrected chi connectivity index (χ1v) is 3.41. The summed E-state index contributed by atoms with van der Waals surface area (Å²) in [6.07, 6.45) is 7.01. The molecule has 4 N–H and O–H groups in total. The van der Waals surface area contributed by atoms with Crippen molar-refractivity contribution in [1.82, 2.24) is 0 Å². The molecule has 0 unspecified atom stereocenters. The van der Waals surface area contributed by atoms with E-state index in [1.165, 1.54) is 32.1 Å². The lowest BCUT2D eigenvalue weighted by Gasteiger charge is -1.90. The normalized spacial score (nSPS) is 7.33. The Morgan fingerprint density at radius 2 is 1.00 bits per heavy atom. The highest BCUT2D eigenvalue weighted by molar-refractivity contribution is 4.35. The van der Waals surface area contributed by atoms with Crippen molar-refractivity contribution in [3.63, 3.8) is 0 Å². The quantitative estimate of drug-likeness (QED) is 0.523. The van der Waals surface area contributed by atoms with Gasteiger partial charge in [-0.15, -0.1) is 0 Å². The van der Waals surface area contributed by atoms with Crippen LogP contribution in [0.1, 0.15) is 46.0 Å². The molecule has 0 rings (SSSR count). The maximum absolute atomic E-state index is 2.25. The van der Waals surface area contributed by atoms with Crippen LogP contribution in [0.3, 0.4) is 0 Å². The van der Waals surface area contributed by atoms with Crippen molar-refractivity contribution in [1.29, 1.82) is 0 Å². The minimum Gasteiger partial charge on any atom is -0.412 e. The van der Waals surface area contributed by atoms with Gasteiger partial charge in [-0.05, 0) is 0 Å². The summed E-state index contributed by atoms with van der Waals surface area (Å²) >= 11 is 0. The Hall–Kier alpha value is -0.0800. The molecule has 2 heteroatoms. The molecule has 0 aromatic rings. The smallest absolute Gasteiger partial charge is 0.0533 e. The van der Waals surface area contributed by atoms with Gasteiger partial charge in [0.1, 0.15) is 0 Å². The van der Waals surface area contributed by atoms with Crippen molar-refractivity contribution in [3.05, 3.63) is 0 Å². The molecule has 0 fully saturated rings. The number of hydrogen-bond donors (Lipinski definition) is 0. The van der Waals surface area contributed by atoms with E-state index >= 15 is 0 Å². The number of unbranched alkanes of at least 4 members (excludes halogenated alkanes) is 4. The van der Waals surface area contributed by atoms with Crippen LogP contribution in [-0.2, 0) is 0 Å². The van der Waals surface area contributed by atoms with Gasteiger partial charge in [-0.3, -0.25) is 0 Å². The molecule has 0 aliphatic heterocycles. The third-order valence-electron chi connectivity index (χ3n) is 1.21. The van der Waals surface area contributed by atoms with Crippen LogP contribution in [0.4, 0.5) is 0 Å². The maximum atomic E-state index is 2.25. The molecule has 0 heterocycles. The second-order valence-corrected chi connectivity index (χ2v) is 2.06. The van der Waals surface area contributed by atoms with E-state index in [2.05, 4.69) is 13.8 Å². The molecule has 0 spiro atoms. The Morgan fingerprint density at radius 1 is 0.667 bits per heavy atom. The third kappa shape index (κ3) is 18.1. The van der Waals surface area contributed by atoms with Gasteiger partial charge in [-0.2, -0.15) is 0 Å². The molecule has 0 bridgehead atoms. The van der Waals surface area contributed by atoms with Crippen molar-refractivity contribution in [2.24, 2.45) is 0 Å². The fraction of sp³-hybridized carbons (Fsp3) is 1.00. The van der Waals surface area contributed by atoms with Crippen LogP contribution in [-0.4, -0.2) is 11.0 Å². The first-order valence-electron chi connectivity index (χ1n) is 3.41. The molecule has 0 aliphatic rings. The topological polar surface area (TPSA) is 63.0 Å².